The number of hydrogen-bond acceptors (Lipinski definition) is 10. The quantitative estimate of drug-likeness (QED) is 0.195. The maximum absolute atomic E-state index is 13.6. The van der Waals surface area contributed by atoms with Crippen LogP contribution in [0.25, 0.3) is 0 Å². The van der Waals surface area contributed by atoms with E-state index in [1.807, 2.05) is 0 Å². The van der Waals surface area contributed by atoms with Gasteiger partial charge in [-0.1, -0.05) is 0 Å². The monoisotopic (exact) mass is 477 g/mol. The molecule has 0 spiro atoms. The Morgan fingerprint density at radius 3 is 1.72 bits per heavy atom. The van der Waals surface area contributed by atoms with E-state index in [2.05, 4.69) is 5.09 Å². The fourth-order valence-electron chi connectivity index (χ4n) is 3.47. The second-order valence-electron chi connectivity index (χ2n) is 7.70. The second kappa shape index (κ2) is 9.84. The van der Waals surface area contributed by atoms with Gasteiger partial charge in [-0.15, -0.1) is 0 Å². The van der Waals surface area contributed by atoms with E-state index in [1.54, 1.807) is 9.34 Å². The zero-order chi connectivity index (χ0) is 23.6. The van der Waals surface area contributed by atoms with Gasteiger partial charge in [-0.05, 0) is 0 Å². The van der Waals surface area contributed by atoms with Crippen molar-refractivity contribution in [2.45, 2.75) is 58.3 Å². The normalized spacial score (nSPS) is 30.2. The number of ether oxygens (including phenoxy) is 5. The van der Waals surface area contributed by atoms with Crippen LogP contribution < -0.4 is 5.09 Å². The SMILES string of the molecule is CC(=O)OC[C@H]1O[C@@H](NP(=O)(N2CC2)N2CC2)[C@H](OC(C)=O)[C@@H](OC(C)=O)[C@@H]1OC(C)=O. The van der Waals surface area contributed by atoms with E-state index in [9.17, 15) is 23.7 Å². The number of carbonyl (C=O) groups is 4. The lowest BCUT2D eigenvalue weighted by Gasteiger charge is -2.45. The minimum Gasteiger partial charge on any atom is -0.463 e. The fourth-order valence-corrected chi connectivity index (χ4v) is 5.96. The molecule has 180 valence electrons. The first kappa shape index (κ1) is 24.6. The zero-order valence-electron chi connectivity index (χ0n) is 18.3. The lowest BCUT2D eigenvalue weighted by molar-refractivity contribution is -0.254. The summed E-state index contributed by atoms with van der Waals surface area (Å²) in [5, 5.41) is 2.94. The molecule has 3 saturated heterocycles. The molecule has 0 aliphatic carbocycles. The van der Waals surface area contributed by atoms with Crippen molar-refractivity contribution in [3.05, 3.63) is 0 Å². The van der Waals surface area contributed by atoms with Crippen molar-refractivity contribution in [1.82, 2.24) is 14.4 Å². The van der Waals surface area contributed by atoms with E-state index < -0.39 is 62.1 Å². The summed E-state index contributed by atoms with van der Waals surface area (Å²) < 4.78 is 44.2. The lowest BCUT2D eigenvalue weighted by Crippen LogP contribution is -2.65. The zero-order valence-corrected chi connectivity index (χ0v) is 19.2. The van der Waals surface area contributed by atoms with Crippen LogP contribution in [-0.4, -0.2) is 96.6 Å². The third-order valence-electron chi connectivity index (χ3n) is 4.90. The third kappa shape index (κ3) is 6.04. The molecule has 32 heavy (non-hydrogen) atoms. The van der Waals surface area contributed by atoms with Crippen molar-refractivity contribution < 1.29 is 47.4 Å². The summed E-state index contributed by atoms with van der Waals surface area (Å²) in [6.07, 6.45) is -6.14. The first-order valence-electron chi connectivity index (χ1n) is 10.2. The molecular formula is C18H28N3O10P. The molecule has 1 N–H and O–H groups in total. The Kier molecular flexibility index (Phi) is 7.56. The maximum atomic E-state index is 13.6. The molecule has 3 fully saturated rings. The second-order valence-corrected chi connectivity index (χ2v) is 10.2. The van der Waals surface area contributed by atoms with Crippen LogP contribution in [0.5, 0.6) is 0 Å². The molecule has 0 aromatic heterocycles. The molecule has 13 nitrogen and oxygen atoms in total. The van der Waals surface area contributed by atoms with Crippen LogP contribution in [0.1, 0.15) is 27.7 Å². The van der Waals surface area contributed by atoms with Crippen LogP contribution in [0.2, 0.25) is 0 Å². The number of rotatable bonds is 9. The summed E-state index contributed by atoms with van der Waals surface area (Å²) in [5.41, 5.74) is 0. The minimum absolute atomic E-state index is 0.340. The van der Waals surface area contributed by atoms with E-state index in [-0.39, 0.29) is 6.61 Å². The van der Waals surface area contributed by atoms with Gasteiger partial charge in [0.15, 0.2) is 24.5 Å². The molecule has 3 heterocycles. The Labute approximate surface area is 185 Å². The van der Waals surface area contributed by atoms with Crippen LogP contribution >= 0.6 is 7.59 Å². The first-order chi connectivity index (χ1) is 15.0. The molecule has 3 rings (SSSR count). The summed E-state index contributed by atoms with van der Waals surface area (Å²) in [6.45, 7) is 6.77. The van der Waals surface area contributed by atoms with Gasteiger partial charge in [0.25, 0.3) is 7.59 Å². The van der Waals surface area contributed by atoms with E-state index in [0.717, 1.165) is 20.8 Å². The smallest absolute Gasteiger partial charge is 0.303 e. The van der Waals surface area contributed by atoms with E-state index in [4.69, 9.17) is 23.7 Å². The van der Waals surface area contributed by atoms with Crippen LogP contribution in [-0.2, 0) is 47.4 Å². The predicted octanol–water partition coefficient (Wildman–Crippen LogP) is -0.602. The Morgan fingerprint density at radius 1 is 0.812 bits per heavy atom. The highest BCUT2D eigenvalue weighted by atomic mass is 31.2. The van der Waals surface area contributed by atoms with Gasteiger partial charge in [-0.25, -0.2) is 14.4 Å². The number of nitrogens with zero attached hydrogens (tertiary/aromatic N) is 2. The average molecular weight is 477 g/mol. The first-order valence-corrected chi connectivity index (χ1v) is 11.8. The molecule has 0 saturated carbocycles. The standard InChI is InChI=1S/C18H28N3O10P/c1-10(22)27-9-14-15(28-11(2)23)16(29-12(3)24)17(30-13(4)25)18(31-14)19-32(26,20-5-6-20)21-7-8-21/h14-18H,5-9H2,1-4H3,(H,19,26)/t14-,15-,16+,17-,18-/m1/s1. The summed E-state index contributed by atoms with van der Waals surface area (Å²) in [4.78, 5) is 46.8. The summed E-state index contributed by atoms with van der Waals surface area (Å²) in [7, 11) is -3.22. The van der Waals surface area contributed by atoms with Gasteiger partial charge in [-0.2, -0.15) is 0 Å². The topological polar surface area (TPSA) is 150 Å². The number of hydrogen-bond donors (Lipinski definition) is 1. The number of nitrogens with one attached hydrogen (secondary N) is 1. The van der Waals surface area contributed by atoms with Crippen molar-refractivity contribution in [2.75, 3.05) is 32.8 Å². The predicted molar refractivity (Wildman–Crippen MR) is 106 cm³/mol. The maximum Gasteiger partial charge on any atom is 0.303 e. The summed E-state index contributed by atoms with van der Waals surface area (Å²) in [5.74, 6) is -2.76. The highest BCUT2D eigenvalue weighted by molar-refractivity contribution is 7.57. The fraction of sp³-hybridized carbons (Fsp3) is 0.778. The van der Waals surface area contributed by atoms with Gasteiger partial charge in [-0.3, -0.25) is 23.7 Å². The van der Waals surface area contributed by atoms with Gasteiger partial charge in [0, 0.05) is 53.9 Å². The summed E-state index contributed by atoms with van der Waals surface area (Å²) >= 11 is 0. The molecule has 0 unspecified atom stereocenters. The Morgan fingerprint density at radius 2 is 1.28 bits per heavy atom. The number of esters is 4. The van der Waals surface area contributed by atoms with Gasteiger partial charge in [0.2, 0.25) is 0 Å². The Balaban J connectivity index is 1.95. The van der Waals surface area contributed by atoms with E-state index in [0.29, 0.717) is 26.2 Å². The van der Waals surface area contributed by atoms with E-state index >= 15 is 0 Å². The molecule has 0 radical (unpaired) electrons. The summed E-state index contributed by atoms with van der Waals surface area (Å²) in [6, 6.07) is 0. The largest absolute Gasteiger partial charge is 0.463 e. The van der Waals surface area contributed by atoms with E-state index in [1.165, 1.54) is 6.92 Å². The molecule has 3 aliphatic rings. The molecule has 0 amide bonds. The molecule has 0 bridgehead atoms. The molecule has 0 aromatic carbocycles. The van der Waals surface area contributed by atoms with Crippen molar-refractivity contribution in [3.63, 3.8) is 0 Å². The van der Waals surface area contributed by atoms with Crippen molar-refractivity contribution in [2.24, 2.45) is 0 Å². The molecule has 3 aliphatic heterocycles. The van der Waals surface area contributed by atoms with Crippen LogP contribution in [0, 0.1) is 0 Å². The minimum atomic E-state index is -3.22. The third-order valence-corrected chi connectivity index (χ3v) is 7.82. The molecular weight excluding hydrogens is 449 g/mol. The van der Waals surface area contributed by atoms with Crippen LogP contribution in [0.15, 0.2) is 0 Å². The Hall–Kier alpha value is -2.05. The van der Waals surface area contributed by atoms with Gasteiger partial charge < -0.3 is 23.7 Å². The lowest BCUT2D eigenvalue weighted by atomic mass is 9.97. The number of carbonyl (C=O) groups excluding carboxylic acids is 4. The van der Waals surface area contributed by atoms with Crippen molar-refractivity contribution in [3.8, 4) is 0 Å². The highest BCUT2D eigenvalue weighted by Crippen LogP contribution is 2.57. The van der Waals surface area contributed by atoms with Crippen LogP contribution in [0.4, 0.5) is 0 Å². The molecule has 14 heteroatoms. The Bertz CT molecular complexity index is 799. The van der Waals surface area contributed by atoms with Gasteiger partial charge >= 0.3 is 23.9 Å². The highest BCUT2D eigenvalue weighted by Gasteiger charge is 2.56. The van der Waals surface area contributed by atoms with Crippen molar-refractivity contribution in [1.29, 1.82) is 0 Å². The van der Waals surface area contributed by atoms with Gasteiger partial charge in [0.05, 0.1) is 0 Å². The molecule has 5 atom stereocenters. The average Bonchev–Trinajstić information content (AvgIpc) is 3.54. The molecule has 0 aromatic rings. The van der Waals surface area contributed by atoms with Gasteiger partial charge in [0.1, 0.15) is 12.7 Å². The van der Waals surface area contributed by atoms with Crippen molar-refractivity contribution >= 4 is 31.5 Å². The van der Waals surface area contributed by atoms with Crippen LogP contribution in [0.3, 0.4) is 0 Å².